The first kappa shape index (κ1) is 46.3. The topological polar surface area (TPSA) is 0 Å². The first-order valence-electron chi connectivity index (χ1n) is 6.33. The van der Waals surface area contributed by atoms with Crippen molar-refractivity contribution in [2.75, 3.05) is 0 Å². The maximum atomic E-state index is 2.77. The van der Waals surface area contributed by atoms with Gasteiger partial charge in [-0.05, 0) is 0 Å². The first-order chi connectivity index (χ1) is 12.9. The molecule has 0 aromatic rings. The molecule has 0 aliphatic heterocycles. The minimum absolute atomic E-state index is 0.00414. The molecule has 0 N–H and O–H groups in total. The van der Waals surface area contributed by atoms with Crippen LogP contribution in [0.2, 0.25) is 0 Å². The van der Waals surface area contributed by atoms with Crippen molar-refractivity contribution in [1.82, 2.24) is 0 Å². The lowest BCUT2D eigenvalue weighted by molar-refractivity contribution is 0.665. The second kappa shape index (κ2) is 17.0. The molecule has 0 saturated heterocycles. The van der Waals surface area contributed by atoms with Crippen molar-refractivity contribution < 1.29 is 0 Å². The van der Waals surface area contributed by atoms with Gasteiger partial charge >= 0.3 is 0 Å². The molecule has 31 heavy (non-hydrogen) atoms. The van der Waals surface area contributed by atoms with Crippen molar-refractivity contribution in [2.45, 2.75) is 12.8 Å². The van der Waals surface area contributed by atoms with E-state index < -0.39 is 0 Å². The Bertz CT molecular complexity index is 646. The van der Waals surface area contributed by atoms with Gasteiger partial charge in [0.05, 0.1) is 3.92 Å². The zero-order chi connectivity index (χ0) is 26.1. The summed E-state index contributed by atoms with van der Waals surface area (Å²) in [5.74, 6) is 0. The van der Waals surface area contributed by atoms with Crippen LogP contribution in [0.25, 0.3) is 0 Å². The van der Waals surface area contributed by atoms with E-state index in [1.165, 1.54) is 0 Å². The fourth-order valence-corrected chi connectivity index (χ4v) is 33.3. The molecule has 0 aliphatic carbocycles. The molecule has 188 valence electrons. The van der Waals surface area contributed by atoms with Crippen LogP contribution in [0.5, 0.6) is 0 Å². The molecule has 0 aromatic carbocycles. The number of alkyl halides is 21. The lowest BCUT2D eigenvalue weighted by Gasteiger charge is -2.59. The predicted octanol–water partition coefficient (Wildman–Crippen LogP) is 16.7. The second-order valence-electron chi connectivity index (χ2n) is 5.47. The van der Waals surface area contributed by atoms with Crippen LogP contribution in [0.15, 0.2) is 0 Å². The van der Waals surface area contributed by atoms with Gasteiger partial charge in [-0.25, -0.2) is 0 Å². The predicted molar refractivity (Wildman–Crippen MR) is 323 cm³/mol. The molecular weight excluding hydrogens is 2790 g/mol. The van der Waals surface area contributed by atoms with E-state index in [9.17, 15) is 0 Å². The SMILES string of the molecule is IC(C(I)(I)I)C(I)(I)C(I)(I)C(I)(I)C(I)(I)C(I)(I)C(I)(I)C(I)(I)C(I)(I)I. The molecular formula is C10HI21. The van der Waals surface area contributed by atoms with Crippen molar-refractivity contribution in [1.29, 1.82) is 0 Å². The molecule has 0 nitrogen and oxygen atoms in total. The van der Waals surface area contributed by atoms with Gasteiger partial charge in [-0.15, -0.1) is 0 Å². The molecule has 0 fully saturated rings. The number of hydrogen-bond acceptors (Lipinski definition) is 0. The highest BCUT2D eigenvalue weighted by Gasteiger charge is 2.77. The molecule has 0 amide bonds. The van der Waals surface area contributed by atoms with Crippen molar-refractivity contribution >= 4 is 474 Å². The minimum atomic E-state index is -0.0816. The normalized spacial score (nSPS) is 17.7. The van der Waals surface area contributed by atoms with E-state index in [2.05, 4.69) is 474 Å². The van der Waals surface area contributed by atoms with Crippen molar-refractivity contribution in [3.8, 4) is 0 Å². The molecule has 1 unspecified atom stereocenters. The van der Waals surface area contributed by atoms with Crippen LogP contribution in [0, 0.1) is 0 Å². The fourth-order valence-electron chi connectivity index (χ4n) is 1.54. The Morgan fingerprint density at radius 3 is 0.774 bits per heavy atom. The van der Waals surface area contributed by atoms with Crippen LogP contribution in [0.3, 0.4) is 0 Å². The van der Waals surface area contributed by atoms with Gasteiger partial charge in [0.2, 0.25) is 0 Å². The zero-order valence-corrected chi connectivity index (χ0v) is 58.3. The number of rotatable bonds is 9. The van der Waals surface area contributed by atoms with Gasteiger partial charge in [-0.3, -0.25) is 0 Å². The summed E-state index contributed by atoms with van der Waals surface area (Å²) >= 11 is 56.7. The highest BCUT2D eigenvalue weighted by molar-refractivity contribution is 14.3. The molecule has 0 aromatic heterocycles. The summed E-state index contributed by atoms with van der Waals surface area (Å²) < 4.78 is 0.362. The maximum absolute atomic E-state index is 2.77. The Labute approximate surface area is 471 Å². The summed E-state index contributed by atoms with van der Waals surface area (Å²) in [6, 6.07) is 0. The summed E-state index contributed by atoms with van der Waals surface area (Å²) in [7, 11) is 0. The van der Waals surface area contributed by atoms with E-state index >= 15 is 0 Å². The average molecular weight is 2790 g/mol. The Hall–Kier alpha value is 15.3. The van der Waals surface area contributed by atoms with Crippen LogP contribution < -0.4 is 0 Å². The van der Waals surface area contributed by atoms with E-state index in [1.807, 2.05) is 0 Å². The second-order valence-corrected chi connectivity index (χ2v) is 66.3. The third-order valence-corrected chi connectivity index (χ3v) is 68.8. The van der Waals surface area contributed by atoms with Crippen LogP contribution >= 0.6 is 474 Å². The molecule has 0 radical (unpaired) electrons. The summed E-state index contributed by atoms with van der Waals surface area (Å²) in [5, 5.41) is 0. The van der Waals surface area contributed by atoms with Crippen LogP contribution in [0.1, 0.15) is 0 Å². The molecule has 0 spiro atoms. The quantitative estimate of drug-likeness (QED) is 0.159. The molecule has 0 bridgehead atoms. The fraction of sp³-hybridized carbons (Fsp3) is 1.00. The van der Waals surface area contributed by atoms with E-state index in [1.54, 1.807) is 0 Å². The lowest BCUT2D eigenvalue weighted by atomic mass is 10.1. The lowest BCUT2D eigenvalue weighted by Crippen LogP contribution is -2.68. The molecule has 0 saturated carbocycles. The van der Waals surface area contributed by atoms with E-state index in [0.29, 0.717) is 3.92 Å². The van der Waals surface area contributed by atoms with Crippen LogP contribution in [-0.2, 0) is 0 Å². The minimum Gasteiger partial charge on any atom is -0.0770 e. The van der Waals surface area contributed by atoms with E-state index in [-0.39, 0.29) is 8.87 Å². The summed E-state index contributed by atoms with van der Waals surface area (Å²) in [4.78, 5) is 0. The zero-order valence-electron chi connectivity index (χ0n) is 13.0. The molecule has 0 rings (SSSR count). The summed E-state index contributed by atoms with van der Waals surface area (Å²) in [6.45, 7) is 0. The Morgan fingerprint density at radius 2 is 0.548 bits per heavy atom. The van der Waals surface area contributed by atoms with Gasteiger partial charge in [-0.1, -0.05) is 474 Å². The van der Waals surface area contributed by atoms with Crippen molar-refractivity contribution in [2.24, 2.45) is 0 Å². The summed E-state index contributed by atoms with van der Waals surface area (Å²) in [5.41, 5.74) is 0. The van der Waals surface area contributed by atoms with Crippen LogP contribution in [-0.4, -0.2) is 12.8 Å². The highest BCUT2D eigenvalue weighted by Crippen LogP contribution is 2.80. The Balaban J connectivity index is 6.84. The van der Waals surface area contributed by atoms with Gasteiger partial charge in [0.25, 0.3) is 0 Å². The third-order valence-electron chi connectivity index (χ3n) is 3.35. The molecule has 21 heteroatoms. The van der Waals surface area contributed by atoms with Crippen molar-refractivity contribution in [3.05, 3.63) is 0 Å². The van der Waals surface area contributed by atoms with Crippen LogP contribution in [0.4, 0.5) is 0 Å². The third kappa shape index (κ3) is 10.4. The molecule has 0 aliphatic rings. The highest BCUT2D eigenvalue weighted by atomic mass is 127. The number of halogens is 21. The number of hydrogen-bond donors (Lipinski definition) is 0. The largest absolute Gasteiger partial charge is 0.149 e. The first-order valence-corrected chi connectivity index (χ1v) is 29.1. The van der Waals surface area contributed by atoms with Crippen molar-refractivity contribution in [3.63, 3.8) is 0 Å². The van der Waals surface area contributed by atoms with E-state index in [0.717, 1.165) is 0 Å². The maximum Gasteiger partial charge on any atom is 0.149 e. The average Bonchev–Trinajstić information content (AvgIpc) is 2.50. The Kier molecular flexibility index (Phi) is 25.4. The van der Waals surface area contributed by atoms with Gasteiger partial charge in [0.15, 0.2) is 0 Å². The molecule has 1 atom stereocenters. The van der Waals surface area contributed by atoms with E-state index in [4.69, 9.17) is 0 Å². The standard InChI is InChI=1S/C10HI21/c11-1(3(14,15)16)2(12,13)4(17,18)5(19,20)6(21,22)7(23,24)8(25,26)9(27,28)10(29,30)31/h1H. The van der Waals surface area contributed by atoms with Gasteiger partial charge in [-0.2, -0.15) is 0 Å². The van der Waals surface area contributed by atoms with Gasteiger partial charge in [0, 0.05) is 0 Å². The van der Waals surface area contributed by atoms with Gasteiger partial charge in [0.1, 0.15) is 8.87 Å². The summed E-state index contributed by atoms with van der Waals surface area (Å²) in [6.07, 6.45) is 0. The molecule has 0 heterocycles. The Morgan fingerprint density at radius 1 is 0.323 bits per heavy atom. The smallest absolute Gasteiger partial charge is 0.0770 e. The van der Waals surface area contributed by atoms with Gasteiger partial charge < -0.3 is 0 Å². The monoisotopic (exact) mass is 2790 g/mol.